The molecule has 1 atom stereocenters. The summed E-state index contributed by atoms with van der Waals surface area (Å²) in [4.78, 5) is 43.5. The number of hydrogen-bond acceptors (Lipinski definition) is 6. The number of piperazine rings is 1. The van der Waals surface area contributed by atoms with E-state index >= 15 is 0 Å². The van der Waals surface area contributed by atoms with Crippen LogP contribution in [0.15, 0.2) is 42.5 Å². The Morgan fingerprint density at radius 2 is 1.58 bits per heavy atom. The van der Waals surface area contributed by atoms with E-state index in [1.165, 1.54) is 0 Å². The number of ether oxygens (including phenoxy) is 2. The quantitative estimate of drug-likeness (QED) is 0.700. The molecule has 0 saturated carbocycles. The van der Waals surface area contributed by atoms with E-state index in [0.717, 1.165) is 41.6 Å². The first-order valence-electron chi connectivity index (χ1n) is 10.4. The Balaban J connectivity index is 1.19. The standard InChI is InChI=1S/C23H23N3O5/c1-15(26-22(28)17-4-2-3-5-18(17)23(26)29)21(27)25-10-8-24(9-11-25)13-16-6-7-19-20(12-16)31-14-30-19/h2-7,12,15H,8-11,13-14H2,1H3/t15-/m0/s1. The lowest BCUT2D eigenvalue weighted by Crippen LogP contribution is -2.55. The van der Waals surface area contributed by atoms with Crippen molar-refractivity contribution in [2.45, 2.75) is 19.5 Å². The van der Waals surface area contributed by atoms with Crippen LogP contribution in [0, 0.1) is 0 Å². The van der Waals surface area contributed by atoms with Gasteiger partial charge in [0.1, 0.15) is 6.04 Å². The number of nitrogens with zero attached hydrogens (tertiary/aromatic N) is 3. The molecule has 5 rings (SSSR count). The molecule has 0 N–H and O–H groups in total. The summed E-state index contributed by atoms with van der Waals surface area (Å²) in [5, 5.41) is 0. The molecule has 0 aliphatic carbocycles. The molecule has 0 spiro atoms. The van der Waals surface area contributed by atoms with E-state index in [-0.39, 0.29) is 12.7 Å². The molecular weight excluding hydrogens is 398 g/mol. The predicted octanol–water partition coefficient (Wildman–Crippen LogP) is 1.74. The van der Waals surface area contributed by atoms with Crippen molar-refractivity contribution in [3.05, 3.63) is 59.2 Å². The van der Waals surface area contributed by atoms with Crippen molar-refractivity contribution in [1.29, 1.82) is 0 Å². The Labute approximate surface area is 179 Å². The molecule has 2 aromatic carbocycles. The summed E-state index contributed by atoms with van der Waals surface area (Å²) in [6.45, 7) is 5.18. The second-order valence-electron chi connectivity index (χ2n) is 7.99. The maximum atomic E-state index is 13.1. The summed E-state index contributed by atoms with van der Waals surface area (Å²) >= 11 is 0. The molecule has 160 valence electrons. The molecule has 0 unspecified atom stereocenters. The molecule has 1 saturated heterocycles. The average molecular weight is 421 g/mol. The van der Waals surface area contributed by atoms with Gasteiger partial charge in [-0.3, -0.25) is 24.2 Å². The highest BCUT2D eigenvalue weighted by Crippen LogP contribution is 2.33. The van der Waals surface area contributed by atoms with Crippen molar-refractivity contribution in [3.63, 3.8) is 0 Å². The van der Waals surface area contributed by atoms with Gasteiger partial charge in [0.15, 0.2) is 11.5 Å². The summed E-state index contributed by atoms with van der Waals surface area (Å²) in [5.41, 5.74) is 1.85. The Morgan fingerprint density at radius 1 is 0.935 bits per heavy atom. The van der Waals surface area contributed by atoms with Crippen LogP contribution < -0.4 is 9.47 Å². The molecule has 0 bridgehead atoms. The number of carbonyl (C=O) groups excluding carboxylic acids is 3. The van der Waals surface area contributed by atoms with Gasteiger partial charge in [-0.25, -0.2) is 0 Å². The van der Waals surface area contributed by atoms with Crippen molar-refractivity contribution in [3.8, 4) is 11.5 Å². The van der Waals surface area contributed by atoms with Gasteiger partial charge in [0.05, 0.1) is 11.1 Å². The second kappa shape index (κ2) is 7.70. The molecule has 0 radical (unpaired) electrons. The van der Waals surface area contributed by atoms with Crippen molar-refractivity contribution < 1.29 is 23.9 Å². The zero-order valence-corrected chi connectivity index (χ0v) is 17.2. The molecule has 3 heterocycles. The SMILES string of the molecule is C[C@@H](C(=O)N1CCN(Cc2ccc3c(c2)OCO3)CC1)N1C(=O)c2ccccc2C1=O. The van der Waals surface area contributed by atoms with Crippen molar-refractivity contribution in [1.82, 2.24) is 14.7 Å². The monoisotopic (exact) mass is 421 g/mol. The number of hydrogen-bond donors (Lipinski definition) is 0. The largest absolute Gasteiger partial charge is 0.454 e. The van der Waals surface area contributed by atoms with Crippen LogP contribution in [0.3, 0.4) is 0 Å². The van der Waals surface area contributed by atoms with E-state index in [4.69, 9.17) is 9.47 Å². The molecule has 8 nitrogen and oxygen atoms in total. The van der Waals surface area contributed by atoms with Crippen molar-refractivity contribution in [2.24, 2.45) is 0 Å². The topological polar surface area (TPSA) is 79.4 Å². The minimum absolute atomic E-state index is 0.197. The van der Waals surface area contributed by atoms with Crippen LogP contribution in [0.4, 0.5) is 0 Å². The molecule has 0 aromatic heterocycles. The number of fused-ring (bicyclic) bond motifs is 2. The van der Waals surface area contributed by atoms with Gasteiger partial charge < -0.3 is 14.4 Å². The van der Waals surface area contributed by atoms with Crippen LogP contribution in [0.5, 0.6) is 11.5 Å². The summed E-state index contributed by atoms with van der Waals surface area (Å²) in [5.74, 6) is 0.533. The average Bonchev–Trinajstić information content (AvgIpc) is 3.36. The second-order valence-corrected chi connectivity index (χ2v) is 7.99. The lowest BCUT2D eigenvalue weighted by atomic mass is 10.1. The van der Waals surface area contributed by atoms with E-state index in [0.29, 0.717) is 24.2 Å². The highest BCUT2D eigenvalue weighted by atomic mass is 16.7. The summed E-state index contributed by atoms with van der Waals surface area (Å²) in [6, 6.07) is 11.8. The Morgan fingerprint density at radius 3 is 2.26 bits per heavy atom. The van der Waals surface area contributed by atoms with Crippen LogP contribution in [0.25, 0.3) is 0 Å². The number of amides is 3. The number of carbonyl (C=O) groups is 3. The highest BCUT2D eigenvalue weighted by molar-refractivity contribution is 6.22. The van der Waals surface area contributed by atoms with Gasteiger partial charge in [-0.2, -0.15) is 0 Å². The van der Waals surface area contributed by atoms with Gasteiger partial charge >= 0.3 is 0 Å². The van der Waals surface area contributed by atoms with Crippen LogP contribution in [0.2, 0.25) is 0 Å². The summed E-state index contributed by atoms with van der Waals surface area (Å²) in [7, 11) is 0. The Bertz CT molecular complexity index is 1030. The Hall–Kier alpha value is -3.39. The fourth-order valence-corrected chi connectivity index (χ4v) is 4.36. The van der Waals surface area contributed by atoms with Gasteiger partial charge in [-0.05, 0) is 36.8 Å². The van der Waals surface area contributed by atoms with Crippen LogP contribution >= 0.6 is 0 Å². The highest BCUT2D eigenvalue weighted by Gasteiger charge is 2.42. The van der Waals surface area contributed by atoms with Gasteiger partial charge in [-0.1, -0.05) is 18.2 Å². The molecule has 31 heavy (non-hydrogen) atoms. The normalized spacial score (nSPS) is 19.0. The van der Waals surface area contributed by atoms with E-state index < -0.39 is 17.9 Å². The minimum atomic E-state index is -0.826. The van der Waals surface area contributed by atoms with Crippen molar-refractivity contribution in [2.75, 3.05) is 33.0 Å². The minimum Gasteiger partial charge on any atom is -0.454 e. The first kappa shape index (κ1) is 19.6. The van der Waals surface area contributed by atoms with Crippen LogP contribution in [-0.4, -0.2) is 71.4 Å². The number of rotatable bonds is 4. The third-order valence-corrected chi connectivity index (χ3v) is 6.10. The lowest BCUT2D eigenvalue weighted by molar-refractivity contribution is -0.136. The zero-order chi connectivity index (χ0) is 21.5. The third-order valence-electron chi connectivity index (χ3n) is 6.10. The smallest absolute Gasteiger partial charge is 0.262 e. The first-order valence-corrected chi connectivity index (χ1v) is 10.4. The van der Waals surface area contributed by atoms with Crippen LogP contribution in [0.1, 0.15) is 33.2 Å². The van der Waals surface area contributed by atoms with Crippen molar-refractivity contribution >= 4 is 17.7 Å². The molecule has 3 aliphatic heterocycles. The lowest BCUT2D eigenvalue weighted by Gasteiger charge is -2.37. The fourth-order valence-electron chi connectivity index (χ4n) is 4.36. The van der Waals surface area contributed by atoms with E-state index in [1.54, 1.807) is 36.1 Å². The molecule has 3 amide bonds. The molecule has 8 heteroatoms. The fraction of sp³-hybridized carbons (Fsp3) is 0.348. The summed E-state index contributed by atoms with van der Waals surface area (Å²) < 4.78 is 10.8. The molecule has 1 fully saturated rings. The number of imide groups is 1. The molecular formula is C23H23N3O5. The van der Waals surface area contributed by atoms with Crippen LogP contribution in [-0.2, 0) is 11.3 Å². The predicted molar refractivity (Wildman–Crippen MR) is 111 cm³/mol. The molecule has 3 aliphatic rings. The van der Waals surface area contributed by atoms with Gasteiger partial charge in [0.25, 0.3) is 11.8 Å². The van der Waals surface area contributed by atoms with Gasteiger partial charge in [0.2, 0.25) is 12.7 Å². The summed E-state index contributed by atoms with van der Waals surface area (Å²) in [6.07, 6.45) is 0. The maximum Gasteiger partial charge on any atom is 0.262 e. The van der Waals surface area contributed by atoms with Gasteiger partial charge in [0, 0.05) is 32.7 Å². The van der Waals surface area contributed by atoms with E-state index in [2.05, 4.69) is 4.90 Å². The Kier molecular flexibility index (Phi) is 4.86. The number of benzene rings is 2. The first-order chi connectivity index (χ1) is 15.0. The molecule has 2 aromatic rings. The third kappa shape index (κ3) is 3.42. The zero-order valence-electron chi connectivity index (χ0n) is 17.2. The maximum absolute atomic E-state index is 13.1. The van der Waals surface area contributed by atoms with E-state index in [9.17, 15) is 14.4 Å². The van der Waals surface area contributed by atoms with Gasteiger partial charge in [-0.15, -0.1) is 0 Å². The van der Waals surface area contributed by atoms with E-state index in [1.807, 2.05) is 18.2 Å².